The highest BCUT2D eigenvalue weighted by Crippen LogP contribution is 2.14. The molecule has 0 aliphatic heterocycles. The van der Waals surface area contributed by atoms with E-state index in [9.17, 15) is 9.59 Å². The highest BCUT2D eigenvalue weighted by molar-refractivity contribution is 9.10. The third-order valence-electron chi connectivity index (χ3n) is 4.02. The Labute approximate surface area is 172 Å². The van der Waals surface area contributed by atoms with Crippen molar-refractivity contribution in [2.24, 2.45) is 0 Å². The van der Waals surface area contributed by atoms with Crippen LogP contribution in [0.1, 0.15) is 21.5 Å². The standard InChI is InChI=1S/C23H19BrN2O2/c1-16-7-13-20(14-8-16)25-23(28)21(15-17-5-3-2-4-6-17)26-22(27)18-9-11-19(24)12-10-18/h2-15H,1H3,(H,25,28)(H,26,27)/b21-15-. The Hall–Kier alpha value is -3.18. The Morgan fingerprint density at radius 2 is 1.50 bits per heavy atom. The van der Waals surface area contributed by atoms with E-state index in [2.05, 4.69) is 26.6 Å². The minimum absolute atomic E-state index is 0.166. The number of halogens is 1. The monoisotopic (exact) mass is 434 g/mol. The van der Waals surface area contributed by atoms with Crippen LogP contribution in [0, 0.1) is 6.92 Å². The van der Waals surface area contributed by atoms with E-state index in [0.717, 1.165) is 15.6 Å². The van der Waals surface area contributed by atoms with Crippen molar-refractivity contribution in [2.75, 3.05) is 5.32 Å². The number of amides is 2. The van der Waals surface area contributed by atoms with Crippen molar-refractivity contribution in [1.82, 2.24) is 5.32 Å². The van der Waals surface area contributed by atoms with Gasteiger partial charge in [0, 0.05) is 15.7 Å². The molecule has 0 heterocycles. The van der Waals surface area contributed by atoms with E-state index >= 15 is 0 Å². The van der Waals surface area contributed by atoms with Gasteiger partial charge in [-0.2, -0.15) is 0 Å². The van der Waals surface area contributed by atoms with Crippen LogP contribution in [0.15, 0.2) is 89.0 Å². The van der Waals surface area contributed by atoms with Crippen LogP contribution in [0.5, 0.6) is 0 Å². The number of anilines is 1. The average molecular weight is 435 g/mol. The summed E-state index contributed by atoms with van der Waals surface area (Å²) in [5.41, 5.74) is 3.20. The molecule has 4 nitrogen and oxygen atoms in total. The molecule has 0 fully saturated rings. The number of benzene rings is 3. The fourth-order valence-corrected chi connectivity index (χ4v) is 2.77. The molecule has 0 aliphatic carbocycles. The minimum atomic E-state index is -0.391. The van der Waals surface area contributed by atoms with Crippen LogP contribution < -0.4 is 10.6 Å². The van der Waals surface area contributed by atoms with E-state index in [1.807, 2.05) is 61.5 Å². The predicted molar refractivity (Wildman–Crippen MR) is 116 cm³/mol. The summed E-state index contributed by atoms with van der Waals surface area (Å²) in [6.07, 6.45) is 1.65. The largest absolute Gasteiger partial charge is 0.321 e. The van der Waals surface area contributed by atoms with Crippen molar-refractivity contribution in [3.63, 3.8) is 0 Å². The van der Waals surface area contributed by atoms with Gasteiger partial charge in [0.05, 0.1) is 0 Å². The lowest BCUT2D eigenvalue weighted by atomic mass is 10.1. The molecule has 140 valence electrons. The van der Waals surface area contributed by atoms with Crippen molar-refractivity contribution in [2.45, 2.75) is 6.92 Å². The first-order valence-electron chi connectivity index (χ1n) is 8.73. The van der Waals surface area contributed by atoms with Crippen molar-refractivity contribution < 1.29 is 9.59 Å². The molecule has 0 spiro atoms. The third kappa shape index (κ3) is 5.41. The molecule has 2 N–H and O–H groups in total. The molecule has 0 radical (unpaired) electrons. The highest BCUT2D eigenvalue weighted by atomic mass is 79.9. The van der Waals surface area contributed by atoms with Gasteiger partial charge in [-0.1, -0.05) is 64.0 Å². The molecule has 0 bridgehead atoms. The van der Waals surface area contributed by atoms with Crippen molar-refractivity contribution in [1.29, 1.82) is 0 Å². The van der Waals surface area contributed by atoms with Crippen LogP contribution in [0.2, 0.25) is 0 Å². The van der Waals surface area contributed by atoms with E-state index in [4.69, 9.17) is 0 Å². The summed E-state index contributed by atoms with van der Waals surface area (Å²) in [5.74, 6) is -0.744. The Kier molecular flexibility index (Phi) is 6.40. The van der Waals surface area contributed by atoms with Gasteiger partial charge in [0.2, 0.25) is 0 Å². The van der Waals surface area contributed by atoms with Gasteiger partial charge in [-0.3, -0.25) is 9.59 Å². The molecule has 3 aromatic carbocycles. The third-order valence-corrected chi connectivity index (χ3v) is 4.55. The molecule has 0 aliphatic rings. The van der Waals surface area contributed by atoms with Crippen LogP contribution in [-0.4, -0.2) is 11.8 Å². The number of carbonyl (C=O) groups excluding carboxylic acids is 2. The molecule has 2 amide bonds. The van der Waals surface area contributed by atoms with Crippen molar-refractivity contribution in [3.8, 4) is 0 Å². The van der Waals surface area contributed by atoms with Crippen molar-refractivity contribution >= 4 is 39.5 Å². The maximum Gasteiger partial charge on any atom is 0.272 e. The lowest BCUT2D eigenvalue weighted by Crippen LogP contribution is -2.30. The van der Waals surface area contributed by atoms with Gasteiger partial charge < -0.3 is 10.6 Å². The number of hydrogen-bond donors (Lipinski definition) is 2. The summed E-state index contributed by atoms with van der Waals surface area (Å²) >= 11 is 3.35. The van der Waals surface area contributed by atoms with E-state index in [-0.39, 0.29) is 11.6 Å². The minimum Gasteiger partial charge on any atom is -0.321 e. The van der Waals surface area contributed by atoms with Gasteiger partial charge in [0.1, 0.15) is 5.70 Å². The van der Waals surface area contributed by atoms with Crippen LogP contribution in [0.25, 0.3) is 6.08 Å². The average Bonchev–Trinajstić information content (AvgIpc) is 2.70. The first-order chi connectivity index (χ1) is 13.5. The van der Waals surface area contributed by atoms with Gasteiger partial charge in [0.15, 0.2) is 0 Å². The van der Waals surface area contributed by atoms with Gasteiger partial charge >= 0.3 is 0 Å². The van der Waals surface area contributed by atoms with E-state index in [1.165, 1.54) is 0 Å². The zero-order chi connectivity index (χ0) is 19.9. The Bertz CT molecular complexity index is 995. The fourth-order valence-electron chi connectivity index (χ4n) is 2.51. The first-order valence-corrected chi connectivity index (χ1v) is 9.52. The van der Waals surface area contributed by atoms with Crippen LogP contribution in [0.3, 0.4) is 0 Å². The predicted octanol–water partition coefficient (Wildman–Crippen LogP) is 5.17. The molecular weight excluding hydrogens is 416 g/mol. The summed E-state index contributed by atoms with van der Waals surface area (Å²) < 4.78 is 0.876. The highest BCUT2D eigenvalue weighted by Gasteiger charge is 2.15. The van der Waals surface area contributed by atoms with Gasteiger partial charge in [-0.05, 0) is 55.0 Å². The number of aryl methyl sites for hydroxylation is 1. The number of rotatable bonds is 5. The van der Waals surface area contributed by atoms with Crippen LogP contribution in [-0.2, 0) is 4.79 Å². The van der Waals surface area contributed by atoms with Crippen molar-refractivity contribution in [3.05, 3.63) is 106 Å². The Morgan fingerprint density at radius 3 is 2.14 bits per heavy atom. The molecule has 3 aromatic rings. The summed E-state index contributed by atoms with van der Waals surface area (Å²) in [7, 11) is 0. The Morgan fingerprint density at radius 1 is 0.857 bits per heavy atom. The van der Waals surface area contributed by atoms with E-state index in [0.29, 0.717) is 11.3 Å². The number of hydrogen-bond acceptors (Lipinski definition) is 2. The molecule has 0 saturated heterocycles. The second kappa shape index (κ2) is 9.15. The number of nitrogens with one attached hydrogen (secondary N) is 2. The molecule has 0 aromatic heterocycles. The summed E-state index contributed by atoms with van der Waals surface area (Å²) in [6, 6.07) is 23.8. The van der Waals surface area contributed by atoms with E-state index < -0.39 is 5.91 Å². The maximum atomic E-state index is 12.8. The summed E-state index contributed by atoms with van der Waals surface area (Å²) in [6.45, 7) is 1.98. The topological polar surface area (TPSA) is 58.2 Å². The second-order valence-electron chi connectivity index (χ2n) is 6.25. The maximum absolute atomic E-state index is 12.8. The first kappa shape index (κ1) is 19.6. The summed E-state index contributed by atoms with van der Waals surface area (Å²) in [5, 5.41) is 5.55. The fraction of sp³-hybridized carbons (Fsp3) is 0.0435. The molecule has 0 atom stereocenters. The Balaban J connectivity index is 1.85. The zero-order valence-corrected chi connectivity index (χ0v) is 16.9. The number of carbonyl (C=O) groups is 2. The van der Waals surface area contributed by atoms with E-state index in [1.54, 1.807) is 30.3 Å². The lowest BCUT2D eigenvalue weighted by Gasteiger charge is -2.12. The molecule has 0 saturated carbocycles. The molecular formula is C23H19BrN2O2. The molecule has 5 heteroatoms. The SMILES string of the molecule is Cc1ccc(NC(=O)/C(=C/c2ccccc2)NC(=O)c2ccc(Br)cc2)cc1. The molecule has 28 heavy (non-hydrogen) atoms. The van der Waals surface area contributed by atoms with Gasteiger partial charge in [-0.15, -0.1) is 0 Å². The smallest absolute Gasteiger partial charge is 0.272 e. The van der Waals surface area contributed by atoms with Gasteiger partial charge in [-0.25, -0.2) is 0 Å². The van der Waals surface area contributed by atoms with Crippen LogP contribution in [0.4, 0.5) is 5.69 Å². The molecule has 0 unspecified atom stereocenters. The second-order valence-corrected chi connectivity index (χ2v) is 7.17. The summed E-state index contributed by atoms with van der Waals surface area (Å²) in [4.78, 5) is 25.4. The quantitative estimate of drug-likeness (QED) is 0.544. The zero-order valence-electron chi connectivity index (χ0n) is 15.3. The van der Waals surface area contributed by atoms with Crippen LogP contribution >= 0.6 is 15.9 Å². The lowest BCUT2D eigenvalue weighted by molar-refractivity contribution is -0.113. The molecule has 3 rings (SSSR count). The normalized spacial score (nSPS) is 11.0. The van der Waals surface area contributed by atoms with Gasteiger partial charge in [0.25, 0.3) is 11.8 Å².